The molecule has 0 radical (unpaired) electrons. The predicted octanol–water partition coefficient (Wildman–Crippen LogP) is 1.51. The highest BCUT2D eigenvalue weighted by Crippen LogP contribution is 2.30. The van der Waals surface area contributed by atoms with Crippen molar-refractivity contribution in [1.82, 2.24) is 5.32 Å². The molecule has 0 bridgehead atoms. The second-order valence-corrected chi connectivity index (χ2v) is 5.38. The second kappa shape index (κ2) is 8.91. The van der Waals surface area contributed by atoms with Gasteiger partial charge in [-0.15, -0.1) is 0 Å². The standard InChI is InChI=1S/C14H26N2O3/c15-10-11-6-5-7-12(11)14(19)16-9-4-2-1-3-8-13(17)18/h11-12H,1-10,15H2,(H,16,19)(H,17,18). The molecule has 2 unspecified atom stereocenters. The number of unbranched alkanes of at least 4 members (excludes halogenated alkanes) is 3. The maximum atomic E-state index is 11.9. The van der Waals surface area contributed by atoms with E-state index in [1.807, 2.05) is 0 Å². The first-order valence-electron chi connectivity index (χ1n) is 7.34. The Morgan fingerprint density at radius 2 is 1.89 bits per heavy atom. The van der Waals surface area contributed by atoms with Gasteiger partial charge in [0.15, 0.2) is 0 Å². The Hall–Kier alpha value is -1.10. The molecule has 0 spiro atoms. The number of hydrogen-bond acceptors (Lipinski definition) is 3. The third-order valence-corrected chi connectivity index (χ3v) is 3.92. The third-order valence-electron chi connectivity index (χ3n) is 3.92. The van der Waals surface area contributed by atoms with Gasteiger partial charge in [0.05, 0.1) is 0 Å². The molecule has 1 rings (SSSR count). The Balaban J connectivity index is 2.03. The molecule has 0 aliphatic heterocycles. The van der Waals surface area contributed by atoms with E-state index >= 15 is 0 Å². The molecule has 4 N–H and O–H groups in total. The highest BCUT2D eigenvalue weighted by atomic mass is 16.4. The van der Waals surface area contributed by atoms with Crippen molar-refractivity contribution in [2.75, 3.05) is 13.1 Å². The van der Waals surface area contributed by atoms with Crippen molar-refractivity contribution >= 4 is 11.9 Å². The summed E-state index contributed by atoms with van der Waals surface area (Å²) in [6.07, 6.45) is 6.92. The molecule has 110 valence electrons. The van der Waals surface area contributed by atoms with E-state index in [4.69, 9.17) is 10.8 Å². The van der Waals surface area contributed by atoms with Crippen LogP contribution in [0.3, 0.4) is 0 Å². The van der Waals surface area contributed by atoms with E-state index < -0.39 is 5.97 Å². The fourth-order valence-electron chi connectivity index (χ4n) is 2.76. The molecule has 1 aliphatic carbocycles. The second-order valence-electron chi connectivity index (χ2n) is 5.38. The normalized spacial score (nSPS) is 22.4. The van der Waals surface area contributed by atoms with Gasteiger partial charge in [-0.1, -0.05) is 19.3 Å². The van der Waals surface area contributed by atoms with Crippen LogP contribution in [0.2, 0.25) is 0 Å². The molecule has 19 heavy (non-hydrogen) atoms. The van der Waals surface area contributed by atoms with Crippen LogP contribution in [-0.4, -0.2) is 30.1 Å². The topological polar surface area (TPSA) is 92.4 Å². The van der Waals surface area contributed by atoms with Crippen molar-refractivity contribution in [3.63, 3.8) is 0 Å². The smallest absolute Gasteiger partial charge is 0.303 e. The van der Waals surface area contributed by atoms with Crippen LogP contribution in [0.15, 0.2) is 0 Å². The van der Waals surface area contributed by atoms with Gasteiger partial charge in [0.25, 0.3) is 0 Å². The lowest BCUT2D eigenvalue weighted by atomic mass is 9.95. The number of carboxylic acids is 1. The molecule has 1 aliphatic rings. The van der Waals surface area contributed by atoms with E-state index in [1.54, 1.807) is 0 Å². The number of amides is 1. The lowest BCUT2D eigenvalue weighted by Gasteiger charge is -2.17. The molecular weight excluding hydrogens is 244 g/mol. The predicted molar refractivity (Wildman–Crippen MR) is 73.6 cm³/mol. The van der Waals surface area contributed by atoms with Gasteiger partial charge >= 0.3 is 5.97 Å². The summed E-state index contributed by atoms with van der Waals surface area (Å²) in [5.74, 6) is -0.117. The summed E-state index contributed by atoms with van der Waals surface area (Å²) in [7, 11) is 0. The van der Waals surface area contributed by atoms with Crippen LogP contribution in [0.25, 0.3) is 0 Å². The summed E-state index contributed by atoms with van der Waals surface area (Å²) in [6, 6.07) is 0. The number of carboxylic acid groups (broad SMARTS) is 1. The van der Waals surface area contributed by atoms with E-state index in [0.29, 0.717) is 19.0 Å². The molecule has 5 nitrogen and oxygen atoms in total. The van der Waals surface area contributed by atoms with Crippen LogP contribution >= 0.6 is 0 Å². The van der Waals surface area contributed by atoms with E-state index in [1.165, 1.54) is 0 Å². The molecule has 0 heterocycles. The Morgan fingerprint density at radius 1 is 1.16 bits per heavy atom. The van der Waals surface area contributed by atoms with Gasteiger partial charge < -0.3 is 16.2 Å². The Bertz CT molecular complexity index is 294. The van der Waals surface area contributed by atoms with Gasteiger partial charge in [0, 0.05) is 18.9 Å². The zero-order valence-electron chi connectivity index (χ0n) is 11.6. The highest BCUT2D eigenvalue weighted by molar-refractivity contribution is 5.79. The Morgan fingerprint density at radius 3 is 2.58 bits per heavy atom. The van der Waals surface area contributed by atoms with Crippen molar-refractivity contribution in [1.29, 1.82) is 0 Å². The molecule has 0 saturated heterocycles. The van der Waals surface area contributed by atoms with Crippen molar-refractivity contribution in [2.24, 2.45) is 17.6 Å². The number of rotatable bonds is 9. The minimum atomic E-state index is -0.734. The van der Waals surface area contributed by atoms with Gasteiger partial charge in [-0.25, -0.2) is 0 Å². The van der Waals surface area contributed by atoms with Crippen LogP contribution in [0.4, 0.5) is 0 Å². The number of nitrogens with two attached hydrogens (primary N) is 1. The fourth-order valence-corrected chi connectivity index (χ4v) is 2.76. The summed E-state index contributed by atoms with van der Waals surface area (Å²) in [6.45, 7) is 1.30. The quantitative estimate of drug-likeness (QED) is 0.554. The Kier molecular flexibility index (Phi) is 7.48. The number of aliphatic carboxylic acids is 1. The van der Waals surface area contributed by atoms with Crippen molar-refractivity contribution in [2.45, 2.75) is 51.4 Å². The number of carbonyl (C=O) groups excluding carboxylic acids is 1. The molecular formula is C14H26N2O3. The number of carbonyl (C=O) groups is 2. The molecule has 1 amide bonds. The summed E-state index contributed by atoms with van der Waals surface area (Å²) in [5.41, 5.74) is 5.67. The average molecular weight is 270 g/mol. The monoisotopic (exact) mass is 270 g/mol. The fraction of sp³-hybridized carbons (Fsp3) is 0.857. The summed E-state index contributed by atoms with van der Waals surface area (Å²) in [5, 5.41) is 11.5. The van der Waals surface area contributed by atoms with Crippen LogP contribution in [0.1, 0.15) is 51.4 Å². The highest BCUT2D eigenvalue weighted by Gasteiger charge is 2.31. The van der Waals surface area contributed by atoms with E-state index in [0.717, 1.165) is 44.9 Å². The molecule has 1 saturated carbocycles. The van der Waals surface area contributed by atoms with Crippen molar-refractivity contribution in [3.05, 3.63) is 0 Å². The van der Waals surface area contributed by atoms with Crippen molar-refractivity contribution in [3.8, 4) is 0 Å². The largest absolute Gasteiger partial charge is 0.481 e. The zero-order valence-corrected chi connectivity index (χ0v) is 11.6. The van der Waals surface area contributed by atoms with Gasteiger partial charge in [0.1, 0.15) is 0 Å². The van der Waals surface area contributed by atoms with Gasteiger partial charge in [-0.05, 0) is 38.1 Å². The summed E-state index contributed by atoms with van der Waals surface area (Å²) in [4.78, 5) is 22.3. The summed E-state index contributed by atoms with van der Waals surface area (Å²) < 4.78 is 0. The first kappa shape index (κ1) is 16.0. The summed E-state index contributed by atoms with van der Waals surface area (Å²) >= 11 is 0. The van der Waals surface area contributed by atoms with E-state index in [9.17, 15) is 9.59 Å². The lowest BCUT2D eigenvalue weighted by Crippen LogP contribution is -2.35. The molecule has 0 aromatic rings. The van der Waals surface area contributed by atoms with E-state index in [-0.39, 0.29) is 18.2 Å². The first-order valence-corrected chi connectivity index (χ1v) is 7.34. The van der Waals surface area contributed by atoms with Gasteiger partial charge in [-0.3, -0.25) is 9.59 Å². The molecule has 0 aromatic heterocycles. The minimum absolute atomic E-state index is 0.108. The Labute approximate surface area is 114 Å². The third kappa shape index (κ3) is 6.05. The first-order chi connectivity index (χ1) is 9.15. The van der Waals surface area contributed by atoms with Crippen LogP contribution in [0, 0.1) is 11.8 Å². The SMILES string of the molecule is NCC1CCCC1C(=O)NCCCCCCC(=O)O. The van der Waals surface area contributed by atoms with E-state index in [2.05, 4.69) is 5.32 Å². The zero-order chi connectivity index (χ0) is 14.1. The molecule has 5 heteroatoms. The van der Waals surface area contributed by atoms with Crippen molar-refractivity contribution < 1.29 is 14.7 Å². The maximum absolute atomic E-state index is 11.9. The average Bonchev–Trinajstić information content (AvgIpc) is 2.85. The van der Waals surface area contributed by atoms with Gasteiger partial charge in [-0.2, -0.15) is 0 Å². The number of nitrogens with one attached hydrogen (secondary N) is 1. The van der Waals surface area contributed by atoms with Crippen LogP contribution < -0.4 is 11.1 Å². The molecule has 1 fully saturated rings. The lowest BCUT2D eigenvalue weighted by molar-refractivity contribution is -0.137. The van der Waals surface area contributed by atoms with Crippen LogP contribution in [0.5, 0.6) is 0 Å². The molecule has 2 atom stereocenters. The molecule has 0 aromatic carbocycles. The van der Waals surface area contributed by atoms with Gasteiger partial charge in [0.2, 0.25) is 5.91 Å². The minimum Gasteiger partial charge on any atom is -0.481 e. The van der Waals surface area contributed by atoms with Crippen LogP contribution in [-0.2, 0) is 9.59 Å². The number of hydrogen-bond donors (Lipinski definition) is 3. The maximum Gasteiger partial charge on any atom is 0.303 e.